The van der Waals surface area contributed by atoms with Gasteiger partial charge in [-0.25, -0.2) is 16.8 Å². The number of sulfone groups is 2. The standard InChI is InChI=1S/C14H15F3N2O4S2/c15-14(16,17)11-7-4-8-12(24(20,21)9-19-18)13(11)25(22,23)10-5-2-1-3-6-10/h4,7-10H,1-3,5-6H2. The lowest BCUT2D eigenvalue weighted by molar-refractivity contribution is -0.140. The summed E-state index contributed by atoms with van der Waals surface area (Å²) in [5.74, 6) is 0. The van der Waals surface area contributed by atoms with Crippen LogP contribution in [0.3, 0.4) is 0 Å². The monoisotopic (exact) mass is 396 g/mol. The van der Waals surface area contributed by atoms with Crippen molar-refractivity contribution in [1.29, 1.82) is 0 Å². The third-order valence-electron chi connectivity index (χ3n) is 4.05. The number of hydrogen-bond acceptors (Lipinski definition) is 4. The van der Waals surface area contributed by atoms with E-state index in [1.54, 1.807) is 0 Å². The number of alkyl halides is 3. The molecule has 2 rings (SSSR count). The Labute approximate surface area is 143 Å². The highest BCUT2D eigenvalue weighted by Crippen LogP contribution is 2.40. The van der Waals surface area contributed by atoms with E-state index in [2.05, 4.69) is 4.79 Å². The molecule has 0 spiro atoms. The molecule has 138 valence electrons. The van der Waals surface area contributed by atoms with Crippen LogP contribution in [0.5, 0.6) is 0 Å². The van der Waals surface area contributed by atoms with E-state index in [0.717, 1.165) is 18.6 Å². The van der Waals surface area contributed by atoms with E-state index >= 15 is 0 Å². The van der Waals surface area contributed by atoms with Gasteiger partial charge < -0.3 is 5.53 Å². The highest BCUT2D eigenvalue weighted by molar-refractivity contribution is 8.04. The first-order valence-corrected chi connectivity index (χ1v) is 10.5. The van der Waals surface area contributed by atoms with Gasteiger partial charge >= 0.3 is 11.7 Å². The van der Waals surface area contributed by atoms with Gasteiger partial charge in [0, 0.05) is 0 Å². The van der Waals surface area contributed by atoms with E-state index in [9.17, 15) is 30.0 Å². The van der Waals surface area contributed by atoms with Crippen molar-refractivity contribution < 1.29 is 34.8 Å². The zero-order chi connectivity index (χ0) is 18.9. The van der Waals surface area contributed by atoms with Crippen LogP contribution in [0.1, 0.15) is 37.7 Å². The summed E-state index contributed by atoms with van der Waals surface area (Å²) in [7, 11) is -9.22. The number of nitrogens with zero attached hydrogens (tertiary/aromatic N) is 2. The largest absolute Gasteiger partial charge is 0.417 e. The number of rotatable bonds is 4. The first-order valence-electron chi connectivity index (χ1n) is 7.38. The molecule has 0 unspecified atom stereocenters. The topological polar surface area (TPSA) is 105 Å². The summed E-state index contributed by atoms with van der Waals surface area (Å²) in [6, 6.07) is 2.10. The van der Waals surface area contributed by atoms with Crippen LogP contribution in [0.4, 0.5) is 13.2 Å². The number of benzene rings is 1. The lowest BCUT2D eigenvalue weighted by Crippen LogP contribution is -2.28. The summed E-state index contributed by atoms with van der Waals surface area (Å²) >= 11 is 0. The Balaban J connectivity index is 2.83. The van der Waals surface area contributed by atoms with Crippen LogP contribution < -0.4 is 0 Å². The molecule has 11 heteroatoms. The zero-order valence-corrected chi connectivity index (χ0v) is 14.5. The van der Waals surface area contributed by atoms with Crippen LogP contribution in [0.25, 0.3) is 5.53 Å². The summed E-state index contributed by atoms with van der Waals surface area (Å²) in [5, 5.41) is -1.08. The molecule has 0 radical (unpaired) electrons. The molecule has 1 aromatic carbocycles. The predicted molar refractivity (Wildman–Crippen MR) is 82.4 cm³/mol. The molecular formula is C14H15F3N2O4S2. The fraction of sp³-hybridized carbons (Fsp3) is 0.500. The average Bonchev–Trinajstić information content (AvgIpc) is 2.54. The van der Waals surface area contributed by atoms with Crippen molar-refractivity contribution >= 4 is 25.2 Å². The van der Waals surface area contributed by atoms with Crippen LogP contribution in [0.2, 0.25) is 0 Å². The molecule has 0 heterocycles. The van der Waals surface area contributed by atoms with Gasteiger partial charge in [-0.1, -0.05) is 25.3 Å². The van der Waals surface area contributed by atoms with Crippen molar-refractivity contribution in [1.82, 2.24) is 0 Å². The van der Waals surface area contributed by atoms with Gasteiger partial charge in [-0.3, -0.25) is 0 Å². The maximum Gasteiger partial charge on any atom is 0.417 e. The molecule has 1 saturated carbocycles. The third kappa shape index (κ3) is 3.94. The first-order chi connectivity index (χ1) is 11.5. The summed E-state index contributed by atoms with van der Waals surface area (Å²) in [6.07, 6.45) is -2.87. The SMILES string of the molecule is [N-]=[N+]=CS(=O)(=O)c1cccc(C(F)(F)F)c1S(=O)(=O)C1CCCCC1. The Morgan fingerprint density at radius 1 is 1.08 bits per heavy atom. The molecular weight excluding hydrogens is 381 g/mol. The maximum absolute atomic E-state index is 13.4. The van der Waals surface area contributed by atoms with Crippen LogP contribution >= 0.6 is 0 Å². The van der Waals surface area contributed by atoms with Gasteiger partial charge in [0.2, 0.25) is 0 Å². The Morgan fingerprint density at radius 2 is 1.68 bits per heavy atom. The molecule has 0 aromatic heterocycles. The van der Waals surface area contributed by atoms with Crippen LogP contribution in [0.15, 0.2) is 28.0 Å². The minimum Gasteiger partial charge on any atom is -0.361 e. The lowest BCUT2D eigenvalue weighted by atomic mass is 10.0. The van der Waals surface area contributed by atoms with Crippen molar-refractivity contribution in [2.24, 2.45) is 0 Å². The quantitative estimate of drug-likeness (QED) is 0.338. The summed E-state index contributed by atoms with van der Waals surface area (Å²) in [4.78, 5) is 0.0167. The second kappa shape index (κ2) is 6.89. The minimum absolute atomic E-state index is 0.0162. The van der Waals surface area contributed by atoms with E-state index in [1.165, 1.54) is 0 Å². The fourth-order valence-corrected chi connectivity index (χ4v) is 6.61. The van der Waals surface area contributed by atoms with Gasteiger partial charge in [0.25, 0.3) is 9.84 Å². The van der Waals surface area contributed by atoms with Gasteiger partial charge in [-0.15, -0.1) is 0 Å². The van der Waals surface area contributed by atoms with Crippen molar-refractivity contribution in [3.8, 4) is 0 Å². The van der Waals surface area contributed by atoms with E-state index in [0.29, 0.717) is 18.9 Å². The summed E-state index contributed by atoms with van der Waals surface area (Å²) in [6.45, 7) is 0. The van der Waals surface area contributed by atoms with E-state index in [-0.39, 0.29) is 18.4 Å². The maximum atomic E-state index is 13.4. The zero-order valence-electron chi connectivity index (χ0n) is 12.9. The van der Waals surface area contributed by atoms with Crippen LogP contribution in [0, 0.1) is 0 Å². The molecule has 1 aromatic rings. The Bertz CT molecular complexity index is 912. The van der Waals surface area contributed by atoms with Crippen molar-refractivity contribution in [3.63, 3.8) is 0 Å². The van der Waals surface area contributed by atoms with Gasteiger partial charge in [0.1, 0.15) is 0 Å². The molecule has 25 heavy (non-hydrogen) atoms. The molecule has 1 aliphatic rings. The normalized spacial score (nSPS) is 17.1. The second-order valence-electron chi connectivity index (χ2n) is 5.70. The lowest BCUT2D eigenvalue weighted by Gasteiger charge is -2.24. The second-order valence-corrected chi connectivity index (χ2v) is 9.61. The molecule has 0 saturated heterocycles. The highest BCUT2D eigenvalue weighted by Gasteiger charge is 2.43. The van der Waals surface area contributed by atoms with Gasteiger partial charge in [0.05, 0.1) is 20.6 Å². The molecule has 0 bridgehead atoms. The number of halogens is 3. The van der Waals surface area contributed by atoms with Gasteiger partial charge in [0.15, 0.2) is 9.84 Å². The average molecular weight is 396 g/mol. The van der Waals surface area contributed by atoms with Gasteiger partial charge in [-0.2, -0.15) is 18.0 Å². The van der Waals surface area contributed by atoms with Crippen LogP contribution in [-0.2, 0) is 25.9 Å². The Hall–Kier alpha value is -1.71. The molecule has 0 N–H and O–H groups in total. The molecule has 0 atom stereocenters. The minimum atomic E-state index is -5.06. The van der Waals surface area contributed by atoms with Crippen LogP contribution in [-0.4, -0.2) is 32.4 Å². The predicted octanol–water partition coefficient (Wildman–Crippen LogP) is 2.84. The molecule has 1 aliphatic carbocycles. The fourth-order valence-electron chi connectivity index (χ4n) is 2.92. The highest BCUT2D eigenvalue weighted by atomic mass is 32.2. The van der Waals surface area contributed by atoms with E-state index in [1.807, 2.05) is 0 Å². The first kappa shape index (κ1) is 19.6. The molecule has 1 fully saturated rings. The number of hydrogen-bond donors (Lipinski definition) is 0. The summed E-state index contributed by atoms with van der Waals surface area (Å²) in [5.41, 5.74) is 6.93. The van der Waals surface area contributed by atoms with Crippen molar-refractivity contribution in [2.75, 3.05) is 0 Å². The smallest absolute Gasteiger partial charge is 0.361 e. The third-order valence-corrected chi connectivity index (χ3v) is 7.86. The summed E-state index contributed by atoms with van der Waals surface area (Å²) < 4.78 is 90.0. The van der Waals surface area contributed by atoms with Crippen molar-refractivity contribution in [3.05, 3.63) is 29.3 Å². The molecule has 0 aliphatic heterocycles. The Kier molecular flexibility index (Phi) is 5.41. The molecule has 6 nitrogen and oxygen atoms in total. The Morgan fingerprint density at radius 3 is 2.20 bits per heavy atom. The molecule has 0 amide bonds. The van der Waals surface area contributed by atoms with Gasteiger partial charge in [-0.05, 0) is 25.0 Å². The van der Waals surface area contributed by atoms with Crippen molar-refractivity contribution in [2.45, 2.75) is 53.3 Å². The van der Waals surface area contributed by atoms with E-state index < -0.39 is 46.5 Å². The van der Waals surface area contributed by atoms with E-state index in [4.69, 9.17) is 5.53 Å².